The molecule has 2 heterocycles. The largest absolute Gasteiger partial charge is 0.494 e. The number of nitrogens with zero attached hydrogens (tertiary/aromatic N) is 3. The number of pyridine rings is 2. The van der Waals surface area contributed by atoms with Gasteiger partial charge in [0, 0.05) is 50.5 Å². The summed E-state index contributed by atoms with van der Waals surface area (Å²) in [6.45, 7) is 3.50. The first kappa shape index (κ1) is 27.4. The highest BCUT2D eigenvalue weighted by molar-refractivity contribution is 5.85. The Labute approximate surface area is 213 Å². The second-order valence-corrected chi connectivity index (χ2v) is 8.02. The fraction of sp³-hybridized carbons (Fsp3) is 0.259. The van der Waals surface area contributed by atoms with Crippen LogP contribution in [0.25, 0.3) is 10.9 Å². The maximum absolute atomic E-state index is 11.8. The molecule has 0 saturated heterocycles. The Morgan fingerprint density at radius 2 is 1.65 bits per heavy atom. The second kappa shape index (κ2) is 13.8. The minimum absolute atomic E-state index is 0. The van der Waals surface area contributed by atoms with Crippen LogP contribution in [0, 0.1) is 0 Å². The van der Waals surface area contributed by atoms with E-state index in [9.17, 15) is 4.79 Å². The van der Waals surface area contributed by atoms with Crippen molar-refractivity contribution in [2.75, 3.05) is 19.7 Å². The molecule has 2 aromatic carbocycles. The molecule has 0 aliphatic heterocycles. The number of rotatable bonds is 10. The van der Waals surface area contributed by atoms with Crippen molar-refractivity contribution in [2.45, 2.75) is 19.4 Å². The maximum Gasteiger partial charge on any atom is 0.250 e. The van der Waals surface area contributed by atoms with Crippen LogP contribution in [0.3, 0.4) is 0 Å². The third-order valence-corrected chi connectivity index (χ3v) is 5.70. The standard InChI is InChI=1S/C27H29N3O2.2ClH/c1-29-26-10-9-25(20-24(26)8-11-27(29)31)32-19-5-17-30(21-23-12-15-28-16-13-23)18-14-22-6-3-2-4-7-22;;/h2-4,6-13,15-16,20H,5,14,17-19,21H2,1H3;2*1H. The van der Waals surface area contributed by atoms with Crippen LogP contribution in [0.2, 0.25) is 0 Å². The van der Waals surface area contributed by atoms with Crippen molar-refractivity contribution in [1.82, 2.24) is 14.5 Å². The number of aryl methyl sites for hydroxylation is 1. The highest BCUT2D eigenvalue weighted by atomic mass is 35.5. The number of ether oxygens (including phenoxy) is 1. The minimum atomic E-state index is -0.00374. The van der Waals surface area contributed by atoms with Crippen molar-refractivity contribution in [3.63, 3.8) is 0 Å². The molecule has 0 unspecified atom stereocenters. The normalized spacial score (nSPS) is 10.5. The summed E-state index contributed by atoms with van der Waals surface area (Å²) in [5.41, 5.74) is 3.54. The molecule has 180 valence electrons. The van der Waals surface area contributed by atoms with Crippen molar-refractivity contribution in [1.29, 1.82) is 0 Å². The van der Waals surface area contributed by atoms with E-state index < -0.39 is 0 Å². The summed E-state index contributed by atoms with van der Waals surface area (Å²) in [7, 11) is 1.79. The summed E-state index contributed by atoms with van der Waals surface area (Å²) in [6.07, 6.45) is 5.66. The van der Waals surface area contributed by atoms with E-state index in [0.29, 0.717) is 6.61 Å². The van der Waals surface area contributed by atoms with Crippen LogP contribution in [-0.4, -0.2) is 34.1 Å². The molecule has 0 aliphatic carbocycles. The summed E-state index contributed by atoms with van der Waals surface area (Å²) in [5.74, 6) is 0.834. The van der Waals surface area contributed by atoms with Crippen molar-refractivity contribution in [3.8, 4) is 5.75 Å². The number of benzene rings is 2. The van der Waals surface area contributed by atoms with E-state index in [-0.39, 0.29) is 30.4 Å². The summed E-state index contributed by atoms with van der Waals surface area (Å²) in [5, 5.41) is 1.01. The highest BCUT2D eigenvalue weighted by Crippen LogP contribution is 2.19. The topological polar surface area (TPSA) is 47.4 Å². The first-order valence-electron chi connectivity index (χ1n) is 11.1. The quantitative estimate of drug-likeness (QED) is 0.278. The summed E-state index contributed by atoms with van der Waals surface area (Å²) >= 11 is 0. The fourth-order valence-corrected chi connectivity index (χ4v) is 3.88. The molecule has 0 saturated carbocycles. The van der Waals surface area contributed by atoms with Gasteiger partial charge in [-0.15, -0.1) is 24.8 Å². The Hall–Kier alpha value is -2.86. The first-order valence-corrected chi connectivity index (χ1v) is 11.1. The van der Waals surface area contributed by atoms with E-state index >= 15 is 0 Å². The van der Waals surface area contributed by atoms with Gasteiger partial charge in [0.25, 0.3) is 5.56 Å². The zero-order chi connectivity index (χ0) is 22.2. The van der Waals surface area contributed by atoms with Gasteiger partial charge in [-0.2, -0.15) is 0 Å². The Balaban J connectivity index is 0.00000204. The van der Waals surface area contributed by atoms with Crippen LogP contribution in [-0.2, 0) is 20.0 Å². The molecule has 0 radical (unpaired) electrons. The monoisotopic (exact) mass is 499 g/mol. The highest BCUT2D eigenvalue weighted by Gasteiger charge is 2.08. The van der Waals surface area contributed by atoms with Gasteiger partial charge in [-0.3, -0.25) is 14.7 Å². The predicted molar refractivity (Wildman–Crippen MR) is 143 cm³/mol. The molecule has 7 heteroatoms. The molecule has 4 aromatic rings. The van der Waals surface area contributed by atoms with Crippen molar-refractivity contribution >= 4 is 35.7 Å². The molecule has 0 bridgehead atoms. The number of aromatic nitrogens is 2. The molecular formula is C27H31Cl2N3O2. The van der Waals surface area contributed by atoms with Gasteiger partial charge in [0.1, 0.15) is 5.75 Å². The first-order chi connectivity index (χ1) is 15.7. The Bertz CT molecular complexity index is 1200. The predicted octanol–water partition coefficient (Wildman–Crippen LogP) is 5.29. The molecule has 34 heavy (non-hydrogen) atoms. The van der Waals surface area contributed by atoms with E-state index in [2.05, 4.69) is 52.3 Å². The van der Waals surface area contributed by atoms with Crippen LogP contribution in [0.1, 0.15) is 17.5 Å². The van der Waals surface area contributed by atoms with Crippen LogP contribution in [0.4, 0.5) is 0 Å². The van der Waals surface area contributed by atoms with E-state index in [1.165, 1.54) is 11.1 Å². The van der Waals surface area contributed by atoms with Gasteiger partial charge in [0.2, 0.25) is 0 Å². The molecule has 0 amide bonds. The number of hydrogen-bond donors (Lipinski definition) is 0. The summed E-state index contributed by atoms with van der Waals surface area (Å²) in [6, 6.07) is 24.1. The Kier molecular flexibility index (Phi) is 11.1. The molecule has 0 fully saturated rings. The van der Waals surface area contributed by atoms with Gasteiger partial charge < -0.3 is 9.30 Å². The third kappa shape index (κ3) is 7.59. The van der Waals surface area contributed by atoms with Gasteiger partial charge >= 0.3 is 0 Å². The average molecular weight is 500 g/mol. The zero-order valence-corrected chi connectivity index (χ0v) is 20.9. The van der Waals surface area contributed by atoms with Crippen LogP contribution in [0.15, 0.2) is 90.0 Å². The van der Waals surface area contributed by atoms with E-state index in [0.717, 1.165) is 49.1 Å². The smallest absolute Gasteiger partial charge is 0.250 e. The van der Waals surface area contributed by atoms with Gasteiger partial charge in [-0.1, -0.05) is 30.3 Å². The minimum Gasteiger partial charge on any atom is -0.494 e. The molecule has 4 rings (SSSR count). The maximum atomic E-state index is 11.8. The van der Waals surface area contributed by atoms with Crippen molar-refractivity contribution in [2.24, 2.45) is 7.05 Å². The molecule has 0 atom stereocenters. The Morgan fingerprint density at radius 1 is 0.882 bits per heavy atom. The van der Waals surface area contributed by atoms with Gasteiger partial charge in [-0.05, 0) is 60.4 Å². The van der Waals surface area contributed by atoms with Crippen molar-refractivity contribution in [3.05, 3.63) is 107 Å². The second-order valence-electron chi connectivity index (χ2n) is 8.02. The molecule has 0 aliphatic rings. The van der Waals surface area contributed by atoms with Crippen molar-refractivity contribution < 1.29 is 4.74 Å². The Morgan fingerprint density at radius 3 is 2.41 bits per heavy atom. The molecule has 0 spiro atoms. The zero-order valence-electron chi connectivity index (χ0n) is 19.3. The van der Waals surface area contributed by atoms with Crippen LogP contribution < -0.4 is 10.3 Å². The third-order valence-electron chi connectivity index (χ3n) is 5.70. The SMILES string of the molecule is Cl.Cl.Cn1c(=O)ccc2cc(OCCCN(CCc3ccccc3)Cc3ccncc3)ccc21. The van der Waals surface area contributed by atoms with Crippen LogP contribution in [0.5, 0.6) is 5.75 Å². The number of hydrogen-bond acceptors (Lipinski definition) is 4. The van der Waals surface area contributed by atoms with Crippen LogP contribution >= 0.6 is 24.8 Å². The lowest BCUT2D eigenvalue weighted by molar-refractivity contribution is 0.230. The van der Waals surface area contributed by atoms with Gasteiger partial charge in [0.05, 0.1) is 12.1 Å². The van der Waals surface area contributed by atoms with E-state index in [1.807, 2.05) is 36.7 Å². The number of halogens is 2. The number of fused-ring (bicyclic) bond motifs is 1. The van der Waals surface area contributed by atoms with E-state index in [1.54, 1.807) is 17.7 Å². The molecule has 0 N–H and O–H groups in total. The lowest BCUT2D eigenvalue weighted by Crippen LogP contribution is -2.28. The fourth-order valence-electron chi connectivity index (χ4n) is 3.88. The summed E-state index contributed by atoms with van der Waals surface area (Å²) < 4.78 is 7.68. The average Bonchev–Trinajstić information content (AvgIpc) is 2.84. The lowest BCUT2D eigenvalue weighted by atomic mass is 10.1. The molecule has 5 nitrogen and oxygen atoms in total. The summed E-state index contributed by atoms with van der Waals surface area (Å²) in [4.78, 5) is 18.4. The molecule has 2 aromatic heterocycles. The van der Waals surface area contributed by atoms with E-state index in [4.69, 9.17) is 4.74 Å². The van der Waals surface area contributed by atoms with Gasteiger partial charge in [0.15, 0.2) is 0 Å². The molecular weight excluding hydrogens is 469 g/mol. The van der Waals surface area contributed by atoms with Gasteiger partial charge in [-0.25, -0.2) is 0 Å². The lowest BCUT2D eigenvalue weighted by Gasteiger charge is -2.22.